The maximum atomic E-state index is 12.0. The molecule has 0 saturated carbocycles. The number of nitrogens with zero attached hydrogens (tertiary/aromatic N) is 1. The molecule has 0 aliphatic rings. The van der Waals surface area contributed by atoms with Crippen molar-refractivity contribution in [1.29, 1.82) is 0 Å². The largest absolute Gasteiger partial charge is 0.478 e. The summed E-state index contributed by atoms with van der Waals surface area (Å²) in [7, 11) is 2.67. The highest BCUT2D eigenvalue weighted by molar-refractivity contribution is 7.85. The quantitative estimate of drug-likeness (QED) is 0.835. The van der Waals surface area contributed by atoms with Crippen LogP contribution in [0, 0.1) is 0 Å². The Kier molecular flexibility index (Phi) is 5.31. The zero-order chi connectivity index (χ0) is 12.8. The van der Waals surface area contributed by atoms with E-state index >= 15 is 0 Å². The molecule has 4 nitrogen and oxygen atoms in total. The van der Waals surface area contributed by atoms with E-state index < -0.39 is 16.8 Å². The van der Waals surface area contributed by atoms with Crippen molar-refractivity contribution in [1.82, 2.24) is 4.90 Å². The van der Waals surface area contributed by atoms with Crippen molar-refractivity contribution in [3.8, 4) is 0 Å². The molecule has 1 N–H and O–H groups in total. The molecule has 1 aromatic rings. The SMILES string of the molecule is CN(C)CCCS(=O)c1ccccc1C(=O)O. The molecule has 0 heterocycles. The molecule has 0 aliphatic heterocycles. The zero-order valence-corrected chi connectivity index (χ0v) is 10.9. The van der Waals surface area contributed by atoms with Crippen molar-refractivity contribution in [2.45, 2.75) is 11.3 Å². The molecule has 5 heteroatoms. The molecule has 0 aliphatic carbocycles. The minimum absolute atomic E-state index is 0.135. The molecule has 0 amide bonds. The normalized spacial score (nSPS) is 12.6. The number of carboxylic acid groups (broad SMARTS) is 1. The number of rotatable bonds is 6. The van der Waals surface area contributed by atoms with Crippen LogP contribution in [-0.2, 0) is 10.8 Å². The Balaban J connectivity index is 2.72. The average molecular weight is 255 g/mol. The van der Waals surface area contributed by atoms with Crippen LogP contribution in [0.15, 0.2) is 29.2 Å². The van der Waals surface area contributed by atoms with E-state index in [0.717, 1.165) is 13.0 Å². The summed E-state index contributed by atoms with van der Waals surface area (Å²) in [5, 5.41) is 8.99. The van der Waals surface area contributed by atoms with Gasteiger partial charge in [0.2, 0.25) is 0 Å². The summed E-state index contributed by atoms with van der Waals surface area (Å²) in [5.74, 6) is -0.538. The van der Waals surface area contributed by atoms with E-state index in [4.69, 9.17) is 5.11 Å². The summed E-state index contributed by atoms with van der Waals surface area (Å²) in [6.07, 6.45) is 0.785. The first-order valence-corrected chi connectivity index (χ1v) is 6.69. The maximum absolute atomic E-state index is 12.0. The van der Waals surface area contributed by atoms with Gasteiger partial charge in [0.05, 0.1) is 21.3 Å². The predicted molar refractivity (Wildman–Crippen MR) is 67.8 cm³/mol. The predicted octanol–water partition coefficient (Wildman–Crippen LogP) is 1.44. The van der Waals surface area contributed by atoms with Crippen molar-refractivity contribution in [2.24, 2.45) is 0 Å². The topological polar surface area (TPSA) is 57.6 Å². The second kappa shape index (κ2) is 6.51. The van der Waals surface area contributed by atoms with Gasteiger partial charge in [-0.1, -0.05) is 12.1 Å². The van der Waals surface area contributed by atoms with Gasteiger partial charge in [-0.25, -0.2) is 4.79 Å². The third kappa shape index (κ3) is 4.28. The smallest absolute Gasteiger partial charge is 0.336 e. The summed E-state index contributed by atoms with van der Waals surface area (Å²) in [6, 6.07) is 6.46. The molecule has 0 aromatic heterocycles. The highest BCUT2D eigenvalue weighted by Crippen LogP contribution is 2.14. The van der Waals surface area contributed by atoms with Gasteiger partial charge >= 0.3 is 5.97 Å². The molecule has 0 fully saturated rings. The first-order chi connectivity index (χ1) is 8.02. The summed E-state index contributed by atoms with van der Waals surface area (Å²) in [5.41, 5.74) is 0.135. The zero-order valence-electron chi connectivity index (χ0n) is 10.0. The number of carbonyl (C=O) groups is 1. The van der Waals surface area contributed by atoms with Gasteiger partial charge < -0.3 is 10.0 Å². The van der Waals surface area contributed by atoms with Gasteiger partial charge in [-0.3, -0.25) is 4.21 Å². The minimum Gasteiger partial charge on any atom is -0.478 e. The molecule has 0 spiro atoms. The summed E-state index contributed by atoms with van der Waals surface area (Å²) in [4.78, 5) is 13.4. The lowest BCUT2D eigenvalue weighted by molar-refractivity contribution is 0.0693. The van der Waals surface area contributed by atoms with Gasteiger partial charge in [0.1, 0.15) is 0 Å². The Morgan fingerprint density at radius 2 is 2.00 bits per heavy atom. The highest BCUT2D eigenvalue weighted by Gasteiger charge is 2.14. The summed E-state index contributed by atoms with van der Waals surface area (Å²) >= 11 is 0. The van der Waals surface area contributed by atoms with Crippen LogP contribution in [0.3, 0.4) is 0 Å². The van der Waals surface area contributed by atoms with Crippen LogP contribution in [0.4, 0.5) is 0 Å². The molecule has 94 valence electrons. The van der Waals surface area contributed by atoms with E-state index in [1.54, 1.807) is 18.2 Å². The van der Waals surface area contributed by atoms with Gasteiger partial charge in [-0.05, 0) is 39.2 Å². The van der Waals surface area contributed by atoms with E-state index in [9.17, 15) is 9.00 Å². The lowest BCUT2D eigenvalue weighted by atomic mass is 10.2. The monoisotopic (exact) mass is 255 g/mol. The van der Waals surface area contributed by atoms with Crippen molar-refractivity contribution >= 4 is 16.8 Å². The molecule has 1 aromatic carbocycles. The van der Waals surface area contributed by atoms with Crippen LogP contribution in [0.2, 0.25) is 0 Å². The first kappa shape index (κ1) is 13.9. The first-order valence-electron chi connectivity index (χ1n) is 5.38. The van der Waals surface area contributed by atoms with Crippen molar-refractivity contribution in [2.75, 3.05) is 26.4 Å². The Bertz CT molecular complexity index is 418. The van der Waals surface area contributed by atoms with Crippen molar-refractivity contribution in [3.05, 3.63) is 29.8 Å². The molecular formula is C12H17NO3S. The summed E-state index contributed by atoms with van der Waals surface area (Å²) < 4.78 is 12.0. The van der Waals surface area contributed by atoms with E-state index in [0.29, 0.717) is 10.6 Å². The molecular weight excluding hydrogens is 238 g/mol. The van der Waals surface area contributed by atoms with E-state index in [2.05, 4.69) is 0 Å². The van der Waals surface area contributed by atoms with E-state index in [-0.39, 0.29) is 5.56 Å². The molecule has 1 rings (SSSR count). The summed E-state index contributed by atoms with van der Waals surface area (Å²) in [6.45, 7) is 0.848. The second-order valence-electron chi connectivity index (χ2n) is 4.01. The average Bonchev–Trinajstić information content (AvgIpc) is 2.28. The van der Waals surface area contributed by atoms with Gasteiger partial charge in [-0.2, -0.15) is 0 Å². The van der Waals surface area contributed by atoms with Gasteiger partial charge in [0.25, 0.3) is 0 Å². The number of benzene rings is 1. The molecule has 0 radical (unpaired) electrons. The lowest BCUT2D eigenvalue weighted by Gasteiger charge is -2.09. The van der Waals surface area contributed by atoms with Gasteiger partial charge in [-0.15, -0.1) is 0 Å². The lowest BCUT2D eigenvalue weighted by Crippen LogP contribution is -2.16. The maximum Gasteiger partial charge on any atom is 0.336 e. The van der Waals surface area contributed by atoms with Gasteiger partial charge in [0, 0.05) is 5.75 Å². The fourth-order valence-corrected chi connectivity index (χ4v) is 2.71. The third-order valence-corrected chi connectivity index (χ3v) is 3.80. The van der Waals surface area contributed by atoms with Crippen LogP contribution in [0.25, 0.3) is 0 Å². The number of hydrogen-bond acceptors (Lipinski definition) is 3. The Labute approximate surface area is 104 Å². The standard InChI is InChI=1S/C12H17NO3S/c1-13(2)8-5-9-17(16)11-7-4-3-6-10(11)12(14)15/h3-4,6-7H,5,8-9H2,1-2H3,(H,14,15). The van der Waals surface area contributed by atoms with Gasteiger partial charge in [0.15, 0.2) is 0 Å². The van der Waals surface area contributed by atoms with Crippen molar-refractivity contribution in [3.63, 3.8) is 0 Å². The molecule has 1 unspecified atom stereocenters. The molecule has 0 saturated heterocycles. The van der Waals surface area contributed by atoms with Crippen molar-refractivity contribution < 1.29 is 14.1 Å². The third-order valence-electron chi connectivity index (χ3n) is 2.30. The van der Waals surface area contributed by atoms with Crippen LogP contribution in [0.1, 0.15) is 16.8 Å². The van der Waals surface area contributed by atoms with E-state index in [1.165, 1.54) is 6.07 Å². The van der Waals surface area contributed by atoms with Crippen LogP contribution in [-0.4, -0.2) is 46.6 Å². The fourth-order valence-electron chi connectivity index (χ4n) is 1.46. The molecule has 0 bridgehead atoms. The number of aromatic carboxylic acids is 1. The van der Waals surface area contributed by atoms with Crippen LogP contribution < -0.4 is 0 Å². The Morgan fingerprint density at radius 3 is 2.59 bits per heavy atom. The number of hydrogen-bond donors (Lipinski definition) is 1. The van der Waals surface area contributed by atoms with Crippen LogP contribution >= 0.6 is 0 Å². The Hall–Kier alpha value is -1.20. The number of carboxylic acids is 1. The highest BCUT2D eigenvalue weighted by atomic mass is 32.2. The molecule has 1 atom stereocenters. The van der Waals surface area contributed by atoms with E-state index in [1.807, 2.05) is 19.0 Å². The second-order valence-corrected chi connectivity index (χ2v) is 5.55. The fraction of sp³-hybridized carbons (Fsp3) is 0.417. The molecule has 17 heavy (non-hydrogen) atoms. The minimum atomic E-state index is -1.24. The van der Waals surface area contributed by atoms with Crippen LogP contribution in [0.5, 0.6) is 0 Å². The Morgan fingerprint density at radius 1 is 1.35 bits per heavy atom.